The number of rotatable bonds is 7. The molecule has 2 atom stereocenters. The Morgan fingerprint density at radius 3 is 2.60 bits per heavy atom. The van der Waals surface area contributed by atoms with Crippen LogP contribution >= 0.6 is 0 Å². The highest BCUT2D eigenvalue weighted by atomic mass is 16.3. The number of amides is 1. The number of carbonyl (C=O) groups is 1. The van der Waals surface area contributed by atoms with Gasteiger partial charge in [-0.15, -0.1) is 0 Å². The maximum absolute atomic E-state index is 11.5. The van der Waals surface area contributed by atoms with Gasteiger partial charge in [-0.05, 0) is 19.8 Å². The Hall–Kier alpha value is -0.610. The van der Waals surface area contributed by atoms with Gasteiger partial charge in [0.2, 0.25) is 5.91 Å². The van der Waals surface area contributed by atoms with Crippen LogP contribution in [0, 0.1) is 0 Å². The lowest BCUT2D eigenvalue weighted by Gasteiger charge is -2.22. The third kappa shape index (κ3) is 6.47. The highest BCUT2D eigenvalue weighted by Gasteiger charge is 2.20. The third-order valence-corrected chi connectivity index (χ3v) is 2.61. The van der Waals surface area contributed by atoms with Gasteiger partial charge in [-0.1, -0.05) is 26.7 Å². The molecule has 0 aromatic heterocycles. The maximum atomic E-state index is 11.5. The lowest BCUT2D eigenvalue weighted by Crippen LogP contribution is -2.46. The van der Waals surface area contributed by atoms with Gasteiger partial charge in [-0.2, -0.15) is 0 Å². The monoisotopic (exact) mass is 216 g/mol. The molecule has 0 aliphatic rings. The third-order valence-electron chi connectivity index (χ3n) is 2.61. The van der Waals surface area contributed by atoms with E-state index in [4.69, 9.17) is 5.73 Å². The molecule has 0 radical (unpaired) electrons. The molecule has 2 unspecified atom stereocenters. The molecular weight excluding hydrogens is 192 g/mol. The van der Waals surface area contributed by atoms with Crippen molar-refractivity contribution in [3.05, 3.63) is 0 Å². The number of aliphatic hydroxyl groups is 1. The van der Waals surface area contributed by atoms with Crippen molar-refractivity contribution in [1.82, 2.24) is 5.32 Å². The predicted molar refractivity (Wildman–Crippen MR) is 61.4 cm³/mol. The quantitative estimate of drug-likeness (QED) is 0.588. The van der Waals surface area contributed by atoms with Gasteiger partial charge in [-0.25, -0.2) is 0 Å². The summed E-state index contributed by atoms with van der Waals surface area (Å²) >= 11 is 0. The van der Waals surface area contributed by atoms with Crippen molar-refractivity contribution in [3.63, 3.8) is 0 Å². The molecule has 0 aromatic rings. The van der Waals surface area contributed by atoms with Crippen LogP contribution in [0.3, 0.4) is 0 Å². The molecule has 4 nitrogen and oxygen atoms in total. The van der Waals surface area contributed by atoms with Crippen molar-refractivity contribution in [1.29, 1.82) is 0 Å². The second kappa shape index (κ2) is 6.80. The predicted octanol–water partition coefficient (Wildman–Crippen LogP) is 0.781. The number of nitrogens with two attached hydrogens (primary N) is 1. The minimum Gasteiger partial charge on any atom is -0.388 e. The molecule has 0 rings (SSSR count). The summed E-state index contributed by atoms with van der Waals surface area (Å²) in [5.74, 6) is -0.169. The van der Waals surface area contributed by atoms with Gasteiger partial charge in [-0.3, -0.25) is 4.79 Å². The van der Waals surface area contributed by atoms with Gasteiger partial charge in [0.05, 0.1) is 11.6 Å². The van der Waals surface area contributed by atoms with Crippen molar-refractivity contribution < 1.29 is 9.90 Å². The summed E-state index contributed by atoms with van der Waals surface area (Å²) in [5.41, 5.74) is 4.85. The minimum atomic E-state index is -0.833. The molecule has 90 valence electrons. The Balaban J connectivity index is 3.82. The maximum Gasteiger partial charge on any atom is 0.237 e. The number of hydrogen-bond donors (Lipinski definition) is 3. The molecule has 4 heteroatoms. The largest absolute Gasteiger partial charge is 0.388 e. The first-order chi connectivity index (χ1) is 6.93. The van der Waals surface area contributed by atoms with E-state index in [1.165, 1.54) is 0 Å². The van der Waals surface area contributed by atoms with Gasteiger partial charge in [0, 0.05) is 6.54 Å². The molecule has 0 saturated heterocycles. The molecule has 1 amide bonds. The molecule has 0 spiro atoms. The smallest absolute Gasteiger partial charge is 0.237 e. The molecule has 0 aliphatic carbocycles. The van der Waals surface area contributed by atoms with E-state index in [0.717, 1.165) is 12.8 Å². The number of hydrogen-bond acceptors (Lipinski definition) is 3. The first-order valence-electron chi connectivity index (χ1n) is 5.68. The molecular formula is C11H24N2O2. The Morgan fingerprint density at radius 2 is 2.13 bits per heavy atom. The number of carbonyl (C=O) groups excluding carboxylic acids is 1. The van der Waals surface area contributed by atoms with E-state index in [1.54, 1.807) is 6.92 Å². The van der Waals surface area contributed by atoms with E-state index >= 15 is 0 Å². The van der Waals surface area contributed by atoms with Crippen LogP contribution in [-0.4, -0.2) is 29.2 Å². The van der Waals surface area contributed by atoms with E-state index in [9.17, 15) is 9.90 Å². The number of nitrogens with one attached hydrogen (secondary N) is 1. The zero-order chi connectivity index (χ0) is 11.9. The van der Waals surface area contributed by atoms with Gasteiger partial charge < -0.3 is 16.2 Å². The molecule has 0 fully saturated rings. The van der Waals surface area contributed by atoms with Crippen molar-refractivity contribution in [2.45, 2.75) is 58.1 Å². The van der Waals surface area contributed by atoms with Crippen LogP contribution in [0.1, 0.15) is 46.5 Å². The van der Waals surface area contributed by atoms with Gasteiger partial charge in [0.25, 0.3) is 0 Å². The van der Waals surface area contributed by atoms with E-state index in [2.05, 4.69) is 12.2 Å². The fourth-order valence-corrected chi connectivity index (χ4v) is 1.09. The van der Waals surface area contributed by atoms with Gasteiger partial charge in [0.15, 0.2) is 0 Å². The minimum absolute atomic E-state index is 0.169. The summed E-state index contributed by atoms with van der Waals surface area (Å²) in [7, 11) is 0. The van der Waals surface area contributed by atoms with Crippen LogP contribution in [0.5, 0.6) is 0 Å². The van der Waals surface area contributed by atoms with Crippen LogP contribution in [-0.2, 0) is 4.79 Å². The van der Waals surface area contributed by atoms with Crippen LogP contribution in [0.25, 0.3) is 0 Å². The Bertz CT molecular complexity index is 193. The first kappa shape index (κ1) is 14.4. The van der Waals surface area contributed by atoms with Crippen molar-refractivity contribution in [2.24, 2.45) is 5.73 Å². The lowest BCUT2D eigenvalue weighted by atomic mass is 10.0. The van der Waals surface area contributed by atoms with Gasteiger partial charge >= 0.3 is 0 Å². The summed E-state index contributed by atoms with van der Waals surface area (Å²) in [4.78, 5) is 11.5. The number of unbranched alkanes of at least 4 members (excludes halogenated alkanes) is 1. The average molecular weight is 216 g/mol. The topological polar surface area (TPSA) is 75.4 Å². The van der Waals surface area contributed by atoms with Gasteiger partial charge in [0.1, 0.15) is 0 Å². The van der Waals surface area contributed by atoms with Crippen molar-refractivity contribution in [2.75, 3.05) is 6.54 Å². The van der Waals surface area contributed by atoms with Crippen LogP contribution in [0.15, 0.2) is 0 Å². The molecule has 4 N–H and O–H groups in total. The highest BCUT2D eigenvalue weighted by molar-refractivity contribution is 5.81. The molecule has 0 heterocycles. The van der Waals surface area contributed by atoms with Crippen LogP contribution < -0.4 is 11.1 Å². The zero-order valence-corrected chi connectivity index (χ0v) is 10.0. The molecule has 0 aromatic carbocycles. The lowest BCUT2D eigenvalue weighted by molar-refractivity contribution is -0.123. The van der Waals surface area contributed by atoms with E-state index < -0.39 is 11.6 Å². The Kier molecular flexibility index (Phi) is 6.52. The molecule has 0 aliphatic heterocycles. The molecule has 0 bridgehead atoms. The van der Waals surface area contributed by atoms with E-state index in [0.29, 0.717) is 12.8 Å². The van der Waals surface area contributed by atoms with Crippen molar-refractivity contribution in [3.8, 4) is 0 Å². The highest BCUT2D eigenvalue weighted by Crippen LogP contribution is 2.06. The summed E-state index contributed by atoms with van der Waals surface area (Å²) in [6.07, 6.45) is 3.31. The van der Waals surface area contributed by atoms with Crippen LogP contribution in [0.2, 0.25) is 0 Å². The van der Waals surface area contributed by atoms with Crippen LogP contribution in [0.4, 0.5) is 0 Å². The second-order valence-electron chi connectivity index (χ2n) is 4.32. The first-order valence-corrected chi connectivity index (χ1v) is 5.68. The van der Waals surface area contributed by atoms with E-state index in [-0.39, 0.29) is 12.5 Å². The standard InChI is InChI=1S/C11H24N2O2/c1-4-6-7-9(12)10(14)13-8-11(3,15)5-2/h9,15H,4-8,12H2,1-3H3,(H,13,14). The fraction of sp³-hybridized carbons (Fsp3) is 0.909. The molecule has 15 heavy (non-hydrogen) atoms. The average Bonchev–Trinajstić information content (AvgIpc) is 2.22. The normalized spacial score (nSPS) is 16.9. The summed E-state index contributed by atoms with van der Waals surface area (Å²) in [5, 5.41) is 12.3. The summed E-state index contributed by atoms with van der Waals surface area (Å²) in [6, 6.07) is -0.447. The zero-order valence-electron chi connectivity index (χ0n) is 10.0. The fourth-order valence-electron chi connectivity index (χ4n) is 1.09. The second-order valence-corrected chi connectivity index (χ2v) is 4.32. The molecule has 0 saturated carbocycles. The Morgan fingerprint density at radius 1 is 1.53 bits per heavy atom. The Labute approximate surface area is 92.2 Å². The van der Waals surface area contributed by atoms with Crippen molar-refractivity contribution >= 4 is 5.91 Å². The summed E-state index contributed by atoms with van der Waals surface area (Å²) < 4.78 is 0. The SMILES string of the molecule is CCCCC(N)C(=O)NCC(C)(O)CC. The van der Waals surface area contributed by atoms with E-state index in [1.807, 2.05) is 6.92 Å². The summed E-state index contributed by atoms with van der Waals surface area (Å²) in [6.45, 7) is 5.91.